The van der Waals surface area contributed by atoms with E-state index in [0.717, 1.165) is 4.47 Å². The first-order chi connectivity index (χ1) is 7.13. The normalized spacial score (nSPS) is 10.5. The maximum atomic E-state index is 11.5. The quantitative estimate of drug-likeness (QED) is 0.632. The Labute approximate surface area is 98.1 Å². The largest absolute Gasteiger partial charge is 0.454 e. The molecule has 0 spiro atoms. The van der Waals surface area contributed by atoms with Crippen molar-refractivity contribution >= 4 is 36.0 Å². The molecule has 0 heterocycles. The van der Waals surface area contributed by atoms with E-state index in [1.54, 1.807) is 30.9 Å². The molecule has 0 saturated heterocycles. The number of hydrogen-bond acceptors (Lipinski definition) is 3. The Hall–Kier alpha value is -0.730. The minimum atomic E-state index is -0.333. The third-order valence-corrected chi connectivity index (χ3v) is 2.79. The average molecular weight is 289 g/mol. The summed E-state index contributed by atoms with van der Waals surface area (Å²) in [5, 5.41) is 0. The molecule has 0 aromatic heterocycles. The molecule has 1 unspecified atom stereocenters. The summed E-state index contributed by atoms with van der Waals surface area (Å²) < 4.78 is 5.66. The number of halogens is 1. The number of benzene rings is 1. The van der Waals surface area contributed by atoms with Gasteiger partial charge in [-0.3, -0.25) is 4.79 Å². The van der Waals surface area contributed by atoms with E-state index in [0.29, 0.717) is 5.56 Å². The molecule has 0 aliphatic heterocycles. The van der Waals surface area contributed by atoms with Gasteiger partial charge in [0.2, 0.25) is 0 Å². The second-order valence-electron chi connectivity index (χ2n) is 2.76. The van der Waals surface area contributed by atoms with Gasteiger partial charge in [0.05, 0.1) is 0 Å². The minimum absolute atomic E-state index is 0.0659. The van der Waals surface area contributed by atoms with Crippen molar-refractivity contribution in [3.8, 4) is 0 Å². The second kappa shape index (κ2) is 5.99. The SMILES string of the molecule is CPC(=O)OCC(=O)c1ccc(Br)cc1. The zero-order valence-electron chi connectivity index (χ0n) is 8.12. The Balaban J connectivity index is 2.54. The van der Waals surface area contributed by atoms with Crippen molar-refractivity contribution in [1.29, 1.82) is 0 Å². The Morgan fingerprint density at radius 2 is 1.93 bits per heavy atom. The molecule has 0 aliphatic rings. The molecule has 0 aliphatic carbocycles. The molecule has 0 fully saturated rings. The van der Waals surface area contributed by atoms with Gasteiger partial charge in [0.15, 0.2) is 12.4 Å². The fraction of sp³-hybridized carbons (Fsp3) is 0.200. The van der Waals surface area contributed by atoms with Gasteiger partial charge in [0, 0.05) is 10.0 Å². The van der Waals surface area contributed by atoms with Crippen molar-refractivity contribution in [2.75, 3.05) is 13.3 Å². The highest BCUT2D eigenvalue weighted by molar-refractivity contribution is 9.10. The van der Waals surface area contributed by atoms with Gasteiger partial charge in [-0.05, 0) is 27.4 Å². The molecule has 80 valence electrons. The first-order valence-corrected chi connectivity index (χ1v) is 6.56. The average Bonchev–Trinajstić information content (AvgIpc) is 2.26. The number of rotatable bonds is 4. The standard InChI is InChI=1S/C10H10BrO3P/c1-15-10(13)14-6-9(12)7-2-4-8(11)5-3-7/h2-5,15H,6H2,1H3. The van der Waals surface area contributed by atoms with Gasteiger partial charge in [-0.25, -0.2) is 4.79 Å². The minimum Gasteiger partial charge on any atom is -0.454 e. The number of Topliss-reactive ketones (excluding diaryl/α,β-unsaturated/α-hetero) is 1. The van der Waals surface area contributed by atoms with E-state index >= 15 is 0 Å². The number of ketones is 1. The molecule has 0 radical (unpaired) electrons. The van der Waals surface area contributed by atoms with E-state index in [-0.39, 0.29) is 26.7 Å². The third kappa shape index (κ3) is 4.10. The van der Waals surface area contributed by atoms with Crippen LogP contribution in [0.3, 0.4) is 0 Å². The topological polar surface area (TPSA) is 43.4 Å². The molecule has 0 bridgehead atoms. The van der Waals surface area contributed by atoms with Crippen LogP contribution in [0.25, 0.3) is 0 Å². The van der Waals surface area contributed by atoms with Gasteiger partial charge in [-0.1, -0.05) is 28.1 Å². The molecule has 0 N–H and O–H groups in total. The third-order valence-electron chi connectivity index (χ3n) is 1.70. The van der Waals surface area contributed by atoms with Crippen LogP contribution in [0.5, 0.6) is 0 Å². The molecule has 3 nitrogen and oxygen atoms in total. The monoisotopic (exact) mass is 288 g/mol. The van der Waals surface area contributed by atoms with Crippen molar-refractivity contribution in [2.24, 2.45) is 0 Å². The molecular weight excluding hydrogens is 279 g/mol. The van der Waals surface area contributed by atoms with Crippen LogP contribution in [0.2, 0.25) is 0 Å². The fourth-order valence-electron chi connectivity index (χ4n) is 0.922. The van der Waals surface area contributed by atoms with Gasteiger partial charge in [-0.2, -0.15) is 0 Å². The molecule has 15 heavy (non-hydrogen) atoms. The fourth-order valence-corrected chi connectivity index (χ4v) is 1.40. The predicted molar refractivity (Wildman–Crippen MR) is 64.1 cm³/mol. The van der Waals surface area contributed by atoms with Crippen LogP contribution in [0.15, 0.2) is 28.7 Å². The highest BCUT2D eigenvalue weighted by Crippen LogP contribution is 2.12. The number of hydrogen-bond donors (Lipinski definition) is 0. The molecule has 0 amide bonds. The van der Waals surface area contributed by atoms with Gasteiger partial charge < -0.3 is 4.74 Å². The van der Waals surface area contributed by atoms with E-state index in [1.807, 2.05) is 0 Å². The van der Waals surface area contributed by atoms with E-state index in [2.05, 4.69) is 15.9 Å². The van der Waals surface area contributed by atoms with Gasteiger partial charge in [-0.15, -0.1) is 0 Å². The summed E-state index contributed by atoms with van der Waals surface area (Å²) in [5.74, 6) is -0.186. The van der Waals surface area contributed by atoms with E-state index in [9.17, 15) is 9.59 Å². The first-order valence-electron chi connectivity index (χ1n) is 4.26. The Bertz CT molecular complexity index is 361. The smallest absolute Gasteiger partial charge is 0.323 e. The summed E-state index contributed by atoms with van der Waals surface area (Å²) in [6.45, 7) is 1.54. The molecule has 1 rings (SSSR count). The summed E-state index contributed by atoms with van der Waals surface area (Å²) in [6.07, 6.45) is 0. The highest BCUT2D eigenvalue weighted by Gasteiger charge is 2.08. The van der Waals surface area contributed by atoms with Crippen LogP contribution < -0.4 is 0 Å². The van der Waals surface area contributed by atoms with Crippen LogP contribution in [0.1, 0.15) is 10.4 Å². The summed E-state index contributed by atoms with van der Waals surface area (Å²) in [7, 11) is 0.0659. The highest BCUT2D eigenvalue weighted by atomic mass is 79.9. The van der Waals surface area contributed by atoms with Crippen LogP contribution in [-0.4, -0.2) is 24.8 Å². The summed E-state index contributed by atoms with van der Waals surface area (Å²) in [5.41, 5.74) is 0.214. The maximum absolute atomic E-state index is 11.5. The first kappa shape index (κ1) is 12.3. The number of carbonyl (C=O) groups excluding carboxylic acids is 2. The molecule has 1 aromatic carbocycles. The maximum Gasteiger partial charge on any atom is 0.323 e. The van der Waals surface area contributed by atoms with Crippen LogP contribution in [-0.2, 0) is 4.74 Å². The van der Waals surface area contributed by atoms with Crippen molar-refractivity contribution in [3.63, 3.8) is 0 Å². The van der Waals surface area contributed by atoms with Gasteiger partial charge in [0.25, 0.3) is 0 Å². The Morgan fingerprint density at radius 3 is 2.47 bits per heavy atom. The van der Waals surface area contributed by atoms with E-state index < -0.39 is 0 Å². The Morgan fingerprint density at radius 1 is 1.33 bits per heavy atom. The van der Waals surface area contributed by atoms with Crippen molar-refractivity contribution in [3.05, 3.63) is 34.3 Å². The van der Waals surface area contributed by atoms with Crippen molar-refractivity contribution in [1.82, 2.24) is 0 Å². The predicted octanol–water partition coefficient (Wildman–Crippen LogP) is 3.08. The lowest BCUT2D eigenvalue weighted by molar-refractivity contribution is 0.0877. The summed E-state index contributed by atoms with van der Waals surface area (Å²) >= 11 is 3.27. The lowest BCUT2D eigenvalue weighted by Gasteiger charge is -2.02. The van der Waals surface area contributed by atoms with E-state index in [4.69, 9.17) is 4.74 Å². The molecular formula is C10H10BrO3P. The van der Waals surface area contributed by atoms with Gasteiger partial charge in [0.1, 0.15) is 0 Å². The van der Waals surface area contributed by atoms with Crippen LogP contribution in [0, 0.1) is 0 Å². The lowest BCUT2D eigenvalue weighted by atomic mass is 10.1. The number of carbonyl (C=O) groups is 2. The Kier molecular flexibility index (Phi) is 4.92. The molecule has 1 aromatic rings. The molecule has 5 heteroatoms. The van der Waals surface area contributed by atoms with Crippen LogP contribution >= 0.6 is 24.5 Å². The zero-order valence-corrected chi connectivity index (χ0v) is 10.7. The number of ether oxygens (including phenoxy) is 1. The lowest BCUT2D eigenvalue weighted by Crippen LogP contribution is -2.10. The van der Waals surface area contributed by atoms with Crippen LogP contribution in [0.4, 0.5) is 4.79 Å². The summed E-state index contributed by atoms with van der Waals surface area (Å²) in [4.78, 5) is 22.3. The zero-order chi connectivity index (χ0) is 11.3. The molecule has 0 saturated carbocycles. The van der Waals surface area contributed by atoms with Gasteiger partial charge >= 0.3 is 5.71 Å². The second-order valence-corrected chi connectivity index (χ2v) is 4.58. The van der Waals surface area contributed by atoms with E-state index in [1.165, 1.54) is 0 Å². The van der Waals surface area contributed by atoms with Crippen molar-refractivity contribution < 1.29 is 14.3 Å². The summed E-state index contributed by atoms with van der Waals surface area (Å²) in [6, 6.07) is 6.93. The van der Waals surface area contributed by atoms with Crippen molar-refractivity contribution in [2.45, 2.75) is 0 Å². The molecule has 1 atom stereocenters.